The van der Waals surface area contributed by atoms with E-state index in [1.165, 1.54) is 0 Å². The fraction of sp³-hybridized carbons (Fsp3) is 0. The molecule has 18 heteroatoms. The van der Waals surface area contributed by atoms with Gasteiger partial charge in [-0.15, -0.1) is 0 Å². The molecule has 1 rings (SSSR count). The lowest BCUT2D eigenvalue weighted by Gasteiger charge is -2.10. The Morgan fingerprint density at radius 3 is 0.444 bits per heavy atom. The average Bonchev–Trinajstić information content (AvgIpc) is 2.39. The van der Waals surface area contributed by atoms with E-state index < -0.39 is 90.1 Å². The molecule has 0 saturated carbocycles. The first-order valence-electron chi connectivity index (χ1n) is 5.20. The maximum atomic E-state index is 5.34. The lowest BCUT2D eigenvalue weighted by Crippen LogP contribution is -2.23. The van der Waals surface area contributed by atoms with Gasteiger partial charge in [-0.2, -0.15) is 0 Å². The molecule has 1 fully saturated rings. The van der Waals surface area contributed by atoms with Gasteiger partial charge in [-0.1, -0.05) is 0 Å². The molecule has 0 bridgehead atoms. The third kappa shape index (κ3) is 12.6. The first-order chi connectivity index (χ1) is 9.00. The summed E-state index contributed by atoms with van der Waals surface area (Å²) in [4.78, 5) is 0. The molecule has 1 aliphatic heterocycles. The summed E-state index contributed by atoms with van der Waals surface area (Å²) in [5.41, 5.74) is 0. The zero-order valence-electron chi connectivity index (χ0n) is 10.0. The molecule has 0 radical (unpaired) electrons. The summed E-state index contributed by atoms with van der Waals surface area (Å²) < 4.78 is 48.1. The fourth-order valence-corrected chi connectivity index (χ4v) is 17.1. The molecule has 1 aliphatic rings. The summed E-state index contributed by atoms with van der Waals surface area (Å²) in [6, 6.07) is 0. The molecule has 0 aliphatic carbocycles. The highest BCUT2D eigenvalue weighted by Crippen LogP contribution is 1.80. The standard InChI is InChI=1S/H18O9Si9/c1-10-2-12-4-14-6-16-8-18-9-17-7-15-5-13-3-11-1/h10-18H2. The van der Waals surface area contributed by atoms with Crippen molar-refractivity contribution in [1.82, 2.24) is 0 Å². The van der Waals surface area contributed by atoms with Crippen LogP contribution in [0.4, 0.5) is 0 Å². The van der Waals surface area contributed by atoms with Gasteiger partial charge in [0.15, 0.2) is 0 Å². The van der Waals surface area contributed by atoms with Crippen molar-refractivity contribution in [2.24, 2.45) is 0 Å². The van der Waals surface area contributed by atoms with Crippen LogP contribution in [-0.2, 0) is 37.0 Å². The Balaban J connectivity index is 2.00. The van der Waals surface area contributed by atoms with Crippen LogP contribution in [0.15, 0.2) is 0 Å². The SMILES string of the molecule is O1[SiH2]O[SiH2]O[SiH2]O[SiH2]O[SiH2]O[SiH2]O[SiH2]O[SiH2]O[SiH2]1. The highest BCUT2D eigenvalue weighted by Gasteiger charge is 1.98. The Hall–Kier alpha value is 1.59. The van der Waals surface area contributed by atoms with Gasteiger partial charge in [-0.25, -0.2) is 0 Å². The molecule has 0 atom stereocenters. The van der Waals surface area contributed by atoms with Crippen LogP contribution in [0.5, 0.6) is 0 Å². The molecule has 18 heavy (non-hydrogen) atoms. The molecular weight excluding hydrogens is 397 g/mol. The number of hydrogen-bond acceptors (Lipinski definition) is 9. The van der Waals surface area contributed by atoms with E-state index in [2.05, 4.69) is 0 Å². The number of rotatable bonds is 0. The third-order valence-corrected chi connectivity index (χ3v) is 13.5. The van der Waals surface area contributed by atoms with Gasteiger partial charge < -0.3 is 37.0 Å². The van der Waals surface area contributed by atoms with Gasteiger partial charge in [0.25, 0.3) is 90.1 Å². The predicted molar refractivity (Wildman–Crippen MR) is 86.7 cm³/mol. The largest absolute Gasteiger partial charge is 0.425 e. The van der Waals surface area contributed by atoms with Crippen molar-refractivity contribution in [3.8, 4) is 0 Å². The monoisotopic (exact) mass is 414 g/mol. The van der Waals surface area contributed by atoms with Crippen molar-refractivity contribution in [2.45, 2.75) is 0 Å². The van der Waals surface area contributed by atoms with Crippen LogP contribution >= 0.6 is 0 Å². The maximum Gasteiger partial charge on any atom is 0.286 e. The summed E-state index contributed by atoms with van der Waals surface area (Å²) in [6.45, 7) is 0. The molecule has 9 nitrogen and oxygen atoms in total. The second kappa shape index (κ2) is 15.0. The van der Waals surface area contributed by atoms with Crippen molar-refractivity contribution >= 4 is 90.1 Å². The first-order valence-corrected chi connectivity index (χ1v) is 15.6. The second-order valence-corrected chi connectivity index (χ2v) is 19.7. The molecule has 0 spiro atoms. The van der Waals surface area contributed by atoms with Gasteiger partial charge >= 0.3 is 0 Å². The van der Waals surface area contributed by atoms with Gasteiger partial charge in [-0.05, 0) is 0 Å². The Kier molecular flexibility index (Phi) is 14.7. The van der Waals surface area contributed by atoms with Crippen LogP contribution in [0.2, 0.25) is 0 Å². The van der Waals surface area contributed by atoms with Crippen LogP contribution in [0.25, 0.3) is 0 Å². The van der Waals surface area contributed by atoms with Gasteiger partial charge in [0.2, 0.25) is 0 Å². The fourth-order valence-electron chi connectivity index (χ4n) is 0.837. The van der Waals surface area contributed by atoms with Gasteiger partial charge in [-0.3, -0.25) is 0 Å². The Morgan fingerprint density at radius 1 is 0.222 bits per heavy atom. The molecular formula is H18O9Si9. The minimum absolute atomic E-state index is 0.900. The van der Waals surface area contributed by atoms with Crippen molar-refractivity contribution in [3.05, 3.63) is 0 Å². The van der Waals surface area contributed by atoms with Crippen molar-refractivity contribution in [2.75, 3.05) is 0 Å². The summed E-state index contributed by atoms with van der Waals surface area (Å²) in [5.74, 6) is 0. The molecule has 108 valence electrons. The van der Waals surface area contributed by atoms with Crippen molar-refractivity contribution in [1.29, 1.82) is 0 Å². The normalized spacial score (nSPS) is 36.0. The minimum atomic E-state index is -0.900. The quantitative estimate of drug-likeness (QED) is 0.359. The molecule has 0 amide bonds. The van der Waals surface area contributed by atoms with E-state index in [4.69, 9.17) is 37.0 Å². The molecule has 0 aromatic rings. The number of hydrogen-bond donors (Lipinski definition) is 0. The summed E-state index contributed by atoms with van der Waals surface area (Å²) in [7, 11) is -8.10. The van der Waals surface area contributed by atoms with E-state index in [9.17, 15) is 0 Å². The Labute approximate surface area is 127 Å². The van der Waals surface area contributed by atoms with E-state index in [0.717, 1.165) is 0 Å². The smallest absolute Gasteiger partial charge is 0.286 e. The summed E-state index contributed by atoms with van der Waals surface area (Å²) in [5, 5.41) is 0. The van der Waals surface area contributed by atoms with Crippen molar-refractivity contribution < 1.29 is 37.0 Å². The van der Waals surface area contributed by atoms with Crippen LogP contribution in [-0.4, -0.2) is 90.1 Å². The van der Waals surface area contributed by atoms with Crippen LogP contribution in [0.1, 0.15) is 0 Å². The molecule has 0 aromatic heterocycles. The highest BCUT2D eigenvalue weighted by atomic mass is 28.4. The zero-order chi connectivity index (χ0) is 12.7. The molecule has 0 aromatic carbocycles. The van der Waals surface area contributed by atoms with Crippen molar-refractivity contribution in [3.63, 3.8) is 0 Å². The molecule has 0 N–H and O–H groups in total. The Morgan fingerprint density at radius 2 is 0.333 bits per heavy atom. The highest BCUT2D eigenvalue weighted by molar-refractivity contribution is 6.51. The van der Waals surface area contributed by atoms with Crippen LogP contribution in [0, 0.1) is 0 Å². The van der Waals surface area contributed by atoms with Gasteiger partial charge in [0, 0.05) is 0 Å². The first kappa shape index (κ1) is 17.6. The van der Waals surface area contributed by atoms with E-state index in [0.29, 0.717) is 0 Å². The molecule has 1 saturated heterocycles. The van der Waals surface area contributed by atoms with E-state index >= 15 is 0 Å². The lowest BCUT2D eigenvalue weighted by atomic mass is 15.7. The minimum Gasteiger partial charge on any atom is -0.425 e. The van der Waals surface area contributed by atoms with Gasteiger partial charge in [0.1, 0.15) is 0 Å². The lowest BCUT2D eigenvalue weighted by molar-refractivity contribution is 0.349. The van der Waals surface area contributed by atoms with Crippen LogP contribution < -0.4 is 0 Å². The van der Waals surface area contributed by atoms with Crippen LogP contribution in [0.3, 0.4) is 0 Å². The van der Waals surface area contributed by atoms with E-state index in [1.54, 1.807) is 0 Å². The predicted octanol–water partition coefficient (Wildman–Crippen LogP) is -8.86. The molecule has 1 heterocycles. The topological polar surface area (TPSA) is 83.1 Å². The Bertz CT molecular complexity index is 93.1. The second-order valence-electron chi connectivity index (χ2n) is 2.90. The average molecular weight is 415 g/mol. The summed E-state index contributed by atoms with van der Waals surface area (Å²) in [6.07, 6.45) is 0. The zero-order valence-corrected chi connectivity index (χ0v) is 22.8. The molecule has 0 unspecified atom stereocenters. The maximum absolute atomic E-state index is 5.34. The van der Waals surface area contributed by atoms with E-state index in [-0.39, 0.29) is 0 Å². The summed E-state index contributed by atoms with van der Waals surface area (Å²) >= 11 is 0. The van der Waals surface area contributed by atoms with Gasteiger partial charge in [0.05, 0.1) is 0 Å². The third-order valence-electron chi connectivity index (χ3n) is 1.50. The van der Waals surface area contributed by atoms with E-state index in [1.807, 2.05) is 0 Å².